The number of nitrogens with zero attached hydrogens (tertiary/aromatic N) is 1. The van der Waals surface area contributed by atoms with Gasteiger partial charge in [0, 0.05) is 30.6 Å². The van der Waals surface area contributed by atoms with E-state index in [9.17, 15) is 0 Å². The van der Waals surface area contributed by atoms with Crippen molar-refractivity contribution < 1.29 is 0 Å². The maximum Gasteiger partial charge on any atom is 0.0185 e. The maximum absolute atomic E-state index is 5.87. The van der Waals surface area contributed by atoms with Gasteiger partial charge in [-0.2, -0.15) is 11.8 Å². The molecule has 1 heterocycles. The Hall–Kier alpha value is -0.510. The molecule has 1 unspecified atom stereocenters. The predicted octanol–water partition coefficient (Wildman–Crippen LogP) is 1.95. The molecule has 1 atom stereocenters. The number of nitrogens with two attached hydrogens (primary N) is 1. The molecule has 0 amide bonds. The second-order valence-corrected chi connectivity index (χ2v) is 5.49. The van der Waals surface area contributed by atoms with E-state index in [1.807, 2.05) is 11.8 Å². The van der Waals surface area contributed by atoms with Gasteiger partial charge in [0.1, 0.15) is 0 Å². The van der Waals surface area contributed by atoms with E-state index in [0.29, 0.717) is 6.04 Å². The Bertz CT molecular complexity index is 302. The molecule has 88 valence electrons. The van der Waals surface area contributed by atoms with Crippen molar-refractivity contribution >= 4 is 11.8 Å². The fourth-order valence-electron chi connectivity index (χ4n) is 2.02. The molecule has 16 heavy (non-hydrogen) atoms. The lowest BCUT2D eigenvalue weighted by molar-refractivity contribution is 0.357. The molecule has 1 aliphatic heterocycles. The third kappa shape index (κ3) is 3.81. The van der Waals surface area contributed by atoms with Crippen molar-refractivity contribution in [3.05, 3.63) is 35.9 Å². The van der Waals surface area contributed by atoms with Crippen LogP contribution in [0.3, 0.4) is 0 Å². The number of thioether (sulfide) groups is 1. The Morgan fingerprint density at radius 3 is 2.81 bits per heavy atom. The molecule has 0 spiro atoms. The minimum Gasteiger partial charge on any atom is -0.326 e. The zero-order valence-electron chi connectivity index (χ0n) is 9.64. The van der Waals surface area contributed by atoms with E-state index in [1.54, 1.807) is 0 Å². The molecule has 2 nitrogen and oxygen atoms in total. The van der Waals surface area contributed by atoms with Gasteiger partial charge in [0.25, 0.3) is 0 Å². The van der Waals surface area contributed by atoms with Crippen LogP contribution >= 0.6 is 11.8 Å². The van der Waals surface area contributed by atoms with Crippen molar-refractivity contribution in [2.24, 2.45) is 5.73 Å². The Kier molecular flexibility index (Phi) is 4.69. The molecule has 1 fully saturated rings. The second-order valence-electron chi connectivity index (χ2n) is 4.39. The van der Waals surface area contributed by atoms with Gasteiger partial charge >= 0.3 is 0 Å². The van der Waals surface area contributed by atoms with E-state index in [1.165, 1.54) is 30.8 Å². The lowest BCUT2D eigenvalue weighted by atomic mass is 10.2. The SMILES string of the molecule is NC1CCN(CCSCc2ccccc2)C1. The number of hydrogen-bond donors (Lipinski definition) is 1. The molecule has 0 radical (unpaired) electrons. The summed E-state index contributed by atoms with van der Waals surface area (Å²) in [5.74, 6) is 2.34. The lowest BCUT2D eigenvalue weighted by Crippen LogP contribution is -2.28. The van der Waals surface area contributed by atoms with Gasteiger partial charge in [0.15, 0.2) is 0 Å². The summed E-state index contributed by atoms with van der Waals surface area (Å²) in [6.45, 7) is 3.46. The van der Waals surface area contributed by atoms with Crippen molar-refractivity contribution in [3.8, 4) is 0 Å². The van der Waals surface area contributed by atoms with E-state index in [2.05, 4.69) is 35.2 Å². The molecule has 2 rings (SSSR count). The van der Waals surface area contributed by atoms with Crippen molar-refractivity contribution in [2.45, 2.75) is 18.2 Å². The summed E-state index contributed by atoms with van der Waals surface area (Å²) in [7, 11) is 0. The van der Waals surface area contributed by atoms with Crippen LogP contribution in [0.1, 0.15) is 12.0 Å². The second kappa shape index (κ2) is 6.28. The molecule has 1 aliphatic rings. The summed E-state index contributed by atoms with van der Waals surface area (Å²) < 4.78 is 0. The van der Waals surface area contributed by atoms with Crippen molar-refractivity contribution in [1.29, 1.82) is 0 Å². The molecule has 2 N–H and O–H groups in total. The Labute approximate surface area is 102 Å². The minimum atomic E-state index is 0.416. The fourth-order valence-corrected chi connectivity index (χ4v) is 2.98. The third-order valence-electron chi connectivity index (χ3n) is 2.97. The van der Waals surface area contributed by atoms with Crippen LogP contribution in [0.15, 0.2) is 30.3 Å². The van der Waals surface area contributed by atoms with Crippen LogP contribution in [0, 0.1) is 0 Å². The molecule has 0 aliphatic carbocycles. The van der Waals surface area contributed by atoms with Gasteiger partial charge in [-0.25, -0.2) is 0 Å². The number of likely N-dealkylation sites (tertiary alicyclic amines) is 1. The Balaban J connectivity index is 1.59. The van der Waals surface area contributed by atoms with E-state index >= 15 is 0 Å². The summed E-state index contributed by atoms with van der Waals surface area (Å²) in [5, 5.41) is 0. The molecule has 3 heteroatoms. The van der Waals surface area contributed by atoms with E-state index < -0.39 is 0 Å². The van der Waals surface area contributed by atoms with E-state index in [-0.39, 0.29) is 0 Å². The van der Waals surface area contributed by atoms with Crippen LogP contribution in [0.5, 0.6) is 0 Å². The molecule has 1 aromatic rings. The first kappa shape index (κ1) is 12.0. The van der Waals surface area contributed by atoms with Gasteiger partial charge in [-0.3, -0.25) is 0 Å². The van der Waals surface area contributed by atoms with Gasteiger partial charge in [-0.15, -0.1) is 0 Å². The zero-order chi connectivity index (χ0) is 11.2. The van der Waals surface area contributed by atoms with Crippen LogP contribution in [0.2, 0.25) is 0 Å². The average Bonchev–Trinajstić information content (AvgIpc) is 2.72. The highest BCUT2D eigenvalue weighted by molar-refractivity contribution is 7.98. The smallest absolute Gasteiger partial charge is 0.0185 e. The van der Waals surface area contributed by atoms with Gasteiger partial charge in [0.05, 0.1) is 0 Å². The molecule has 0 saturated carbocycles. The summed E-state index contributed by atoms with van der Waals surface area (Å²) in [6, 6.07) is 11.1. The van der Waals surface area contributed by atoms with E-state index in [0.717, 1.165) is 12.3 Å². The Morgan fingerprint density at radius 1 is 1.31 bits per heavy atom. The summed E-state index contributed by atoms with van der Waals surface area (Å²) in [6.07, 6.45) is 1.17. The largest absolute Gasteiger partial charge is 0.326 e. The van der Waals surface area contributed by atoms with Gasteiger partial charge < -0.3 is 10.6 Å². The molecular formula is C13H20N2S. The molecule has 1 aromatic carbocycles. The van der Waals surface area contributed by atoms with Crippen molar-refractivity contribution in [2.75, 3.05) is 25.4 Å². The van der Waals surface area contributed by atoms with E-state index in [4.69, 9.17) is 5.73 Å². The maximum atomic E-state index is 5.87. The third-order valence-corrected chi connectivity index (χ3v) is 3.98. The number of benzene rings is 1. The molecule has 1 saturated heterocycles. The highest BCUT2D eigenvalue weighted by atomic mass is 32.2. The quantitative estimate of drug-likeness (QED) is 0.792. The summed E-state index contributed by atoms with van der Waals surface area (Å²) in [4.78, 5) is 2.47. The number of hydrogen-bond acceptors (Lipinski definition) is 3. The average molecular weight is 236 g/mol. The van der Waals surface area contributed by atoms with Crippen LogP contribution in [0.4, 0.5) is 0 Å². The highest BCUT2D eigenvalue weighted by Gasteiger charge is 2.17. The monoisotopic (exact) mass is 236 g/mol. The van der Waals surface area contributed by atoms with Crippen molar-refractivity contribution in [3.63, 3.8) is 0 Å². The van der Waals surface area contributed by atoms with Crippen molar-refractivity contribution in [1.82, 2.24) is 4.90 Å². The molecule has 0 bridgehead atoms. The normalized spacial score (nSPS) is 21.4. The van der Waals surface area contributed by atoms with Crippen LogP contribution < -0.4 is 5.73 Å². The lowest BCUT2D eigenvalue weighted by Gasteiger charge is -2.14. The van der Waals surface area contributed by atoms with Crippen LogP contribution in [-0.2, 0) is 5.75 Å². The van der Waals surface area contributed by atoms with Gasteiger partial charge in [-0.1, -0.05) is 30.3 Å². The predicted molar refractivity (Wildman–Crippen MR) is 71.6 cm³/mol. The summed E-state index contributed by atoms with van der Waals surface area (Å²) >= 11 is 2.01. The van der Waals surface area contributed by atoms with Gasteiger partial charge in [-0.05, 0) is 18.5 Å². The standard InChI is InChI=1S/C13H20N2S/c14-13-6-7-15(10-13)8-9-16-11-12-4-2-1-3-5-12/h1-5,13H,6-11,14H2. The van der Waals surface area contributed by atoms with Crippen LogP contribution in [0.25, 0.3) is 0 Å². The minimum absolute atomic E-state index is 0.416. The topological polar surface area (TPSA) is 29.3 Å². The first-order valence-corrected chi connectivity index (χ1v) is 7.09. The Morgan fingerprint density at radius 2 is 2.12 bits per heavy atom. The molecule has 0 aromatic heterocycles. The summed E-state index contributed by atoms with van der Waals surface area (Å²) in [5.41, 5.74) is 7.29. The highest BCUT2D eigenvalue weighted by Crippen LogP contribution is 2.13. The molecular weight excluding hydrogens is 216 g/mol. The fraction of sp³-hybridized carbons (Fsp3) is 0.538. The number of rotatable bonds is 5. The van der Waals surface area contributed by atoms with Gasteiger partial charge in [0.2, 0.25) is 0 Å². The first-order valence-electron chi connectivity index (χ1n) is 5.94. The van der Waals surface area contributed by atoms with Crippen LogP contribution in [-0.4, -0.2) is 36.3 Å². The zero-order valence-corrected chi connectivity index (χ0v) is 10.5. The first-order chi connectivity index (χ1) is 7.84.